The first kappa shape index (κ1) is 13.7. The largest absolute Gasteiger partial charge is 0.388 e. The minimum absolute atomic E-state index is 0.224. The molecule has 2 aromatic rings. The topological polar surface area (TPSA) is 40.5 Å². The van der Waals surface area contributed by atoms with Crippen LogP contribution in [0.3, 0.4) is 0 Å². The number of fused-ring (bicyclic) bond motifs is 1. The highest BCUT2D eigenvalue weighted by molar-refractivity contribution is 6.06. The molecule has 0 saturated carbocycles. The summed E-state index contributed by atoms with van der Waals surface area (Å²) < 4.78 is 26.6. The van der Waals surface area contributed by atoms with Crippen molar-refractivity contribution in [3.8, 4) is 0 Å². The average molecular weight is 289 g/mol. The molecule has 0 bridgehead atoms. The van der Waals surface area contributed by atoms with E-state index in [1.165, 1.54) is 41.3 Å². The van der Waals surface area contributed by atoms with Crippen molar-refractivity contribution in [3.63, 3.8) is 0 Å². The molecule has 0 aliphatic carbocycles. The lowest BCUT2D eigenvalue weighted by Gasteiger charge is -2.32. The summed E-state index contributed by atoms with van der Waals surface area (Å²) in [6.07, 6.45) is -0.482. The summed E-state index contributed by atoms with van der Waals surface area (Å²) in [5.41, 5.74) is 1.07. The van der Waals surface area contributed by atoms with Gasteiger partial charge in [0.15, 0.2) is 0 Å². The van der Waals surface area contributed by atoms with E-state index in [0.29, 0.717) is 24.2 Å². The van der Waals surface area contributed by atoms with Crippen LogP contribution in [0.2, 0.25) is 0 Å². The zero-order chi connectivity index (χ0) is 15.0. The van der Waals surface area contributed by atoms with E-state index in [1.54, 1.807) is 0 Å². The van der Waals surface area contributed by atoms with E-state index in [2.05, 4.69) is 0 Å². The normalized spacial score (nSPS) is 17.5. The smallest absolute Gasteiger partial charge is 0.258 e. The van der Waals surface area contributed by atoms with Gasteiger partial charge in [0.05, 0.1) is 6.10 Å². The van der Waals surface area contributed by atoms with Crippen molar-refractivity contribution in [2.45, 2.75) is 12.5 Å². The molecule has 5 heteroatoms. The van der Waals surface area contributed by atoms with E-state index >= 15 is 0 Å². The van der Waals surface area contributed by atoms with E-state index in [0.717, 1.165) is 6.07 Å². The first-order chi connectivity index (χ1) is 10.1. The summed E-state index contributed by atoms with van der Waals surface area (Å²) in [6, 6.07) is 9.35. The van der Waals surface area contributed by atoms with Gasteiger partial charge < -0.3 is 10.0 Å². The maximum atomic E-state index is 13.3. The Kier molecular flexibility index (Phi) is 3.43. The van der Waals surface area contributed by atoms with Gasteiger partial charge in [-0.2, -0.15) is 0 Å². The molecule has 1 unspecified atom stereocenters. The second-order valence-corrected chi connectivity index (χ2v) is 4.97. The number of aliphatic hydroxyl groups is 1. The summed E-state index contributed by atoms with van der Waals surface area (Å²) in [5.74, 6) is -1.32. The molecule has 1 heterocycles. The van der Waals surface area contributed by atoms with E-state index in [-0.39, 0.29) is 11.5 Å². The molecule has 1 aliphatic heterocycles. The third-order valence-electron chi connectivity index (χ3n) is 3.58. The zero-order valence-electron chi connectivity index (χ0n) is 11.1. The van der Waals surface area contributed by atoms with Crippen molar-refractivity contribution < 1.29 is 18.7 Å². The van der Waals surface area contributed by atoms with Crippen LogP contribution >= 0.6 is 0 Å². The number of carbonyl (C=O) groups excluding carboxylic acids is 1. The van der Waals surface area contributed by atoms with Crippen molar-refractivity contribution >= 4 is 11.6 Å². The van der Waals surface area contributed by atoms with E-state index in [1.807, 2.05) is 0 Å². The maximum absolute atomic E-state index is 13.3. The number of anilines is 1. The molecular weight excluding hydrogens is 276 g/mol. The highest BCUT2D eigenvalue weighted by atomic mass is 19.1. The Hall–Kier alpha value is -2.27. The average Bonchev–Trinajstić information content (AvgIpc) is 2.47. The molecule has 1 aliphatic rings. The molecular formula is C16H13F2NO2. The van der Waals surface area contributed by atoms with Gasteiger partial charge in [0, 0.05) is 23.4 Å². The molecule has 0 fully saturated rings. The van der Waals surface area contributed by atoms with Crippen molar-refractivity contribution in [1.29, 1.82) is 0 Å². The van der Waals surface area contributed by atoms with E-state index in [9.17, 15) is 18.7 Å². The lowest BCUT2D eigenvalue weighted by Crippen LogP contribution is -2.36. The zero-order valence-corrected chi connectivity index (χ0v) is 11.1. The standard InChI is InChI=1S/C16H13F2NO2/c17-11-3-1-2-10(8-11)16(21)19-7-6-15(20)13-9-12(18)4-5-14(13)19/h1-5,8-9,15,20H,6-7H2. The first-order valence-electron chi connectivity index (χ1n) is 6.61. The van der Waals surface area contributed by atoms with Gasteiger partial charge in [0.2, 0.25) is 0 Å². The summed E-state index contributed by atoms with van der Waals surface area (Å²) in [5, 5.41) is 9.94. The number of hydrogen-bond donors (Lipinski definition) is 1. The molecule has 3 rings (SSSR count). The number of aliphatic hydroxyl groups excluding tert-OH is 1. The van der Waals surface area contributed by atoms with Crippen LogP contribution in [0.4, 0.5) is 14.5 Å². The predicted octanol–water partition coefficient (Wildman–Crippen LogP) is 3.05. The third-order valence-corrected chi connectivity index (χ3v) is 3.58. The molecule has 108 valence electrons. The first-order valence-corrected chi connectivity index (χ1v) is 6.61. The third kappa shape index (κ3) is 2.52. The Labute approximate surface area is 120 Å². The summed E-state index contributed by atoms with van der Waals surface area (Å²) >= 11 is 0. The predicted molar refractivity (Wildman–Crippen MR) is 74.1 cm³/mol. The van der Waals surface area contributed by atoms with E-state index < -0.39 is 17.7 Å². The van der Waals surface area contributed by atoms with Crippen molar-refractivity contribution in [1.82, 2.24) is 0 Å². The molecule has 0 saturated heterocycles. The number of amides is 1. The fourth-order valence-electron chi connectivity index (χ4n) is 2.55. The monoisotopic (exact) mass is 289 g/mol. The van der Waals surface area contributed by atoms with Crippen molar-refractivity contribution in [2.75, 3.05) is 11.4 Å². The highest BCUT2D eigenvalue weighted by Crippen LogP contribution is 2.35. The van der Waals surface area contributed by atoms with Gasteiger partial charge >= 0.3 is 0 Å². The highest BCUT2D eigenvalue weighted by Gasteiger charge is 2.28. The Morgan fingerprint density at radius 2 is 1.90 bits per heavy atom. The van der Waals surface area contributed by atoms with Gasteiger partial charge in [-0.25, -0.2) is 8.78 Å². The molecule has 0 spiro atoms. The van der Waals surface area contributed by atoms with Crippen molar-refractivity contribution in [3.05, 3.63) is 65.2 Å². The minimum atomic E-state index is -0.799. The van der Waals surface area contributed by atoms with Gasteiger partial charge in [-0.1, -0.05) is 6.07 Å². The van der Waals surface area contributed by atoms with Crippen molar-refractivity contribution in [2.24, 2.45) is 0 Å². The van der Waals surface area contributed by atoms with Gasteiger partial charge in [-0.3, -0.25) is 4.79 Å². The van der Waals surface area contributed by atoms with Crippen LogP contribution in [-0.2, 0) is 0 Å². The number of hydrogen-bond acceptors (Lipinski definition) is 2. The molecule has 0 aromatic heterocycles. The summed E-state index contributed by atoms with van der Waals surface area (Å²) in [4.78, 5) is 13.9. The lowest BCUT2D eigenvalue weighted by atomic mass is 9.98. The Balaban J connectivity index is 2.01. The Bertz CT molecular complexity index is 702. The quantitative estimate of drug-likeness (QED) is 0.876. The van der Waals surface area contributed by atoms with Crippen LogP contribution in [0.5, 0.6) is 0 Å². The van der Waals surface area contributed by atoms with Gasteiger partial charge in [0.1, 0.15) is 11.6 Å². The summed E-state index contributed by atoms with van der Waals surface area (Å²) in [7, 11) is 0. The summed E-state index contributed by atoms with van der Waals surface area (Å²) in [6.45, 7) is 0.301. The SMILES string of the molecule is O=C(c1cccc(F)c1)N1CCC(O)c2cc(F)ccc21. The second kappa shape index (κ2) is 5.26. The molecule has 21 heavy (non-hydrogen) atoms. The molecule has 1 amide bonds. The van der Waals surface area contributed by atoms with Crippen LogP contribution in [-0.4, -0.2) is 17.6 Å². The molecule has 2 aromatic carbocycles. The number of benzene rings is 2. The second-order valence-electron chi connectivity index (χ2n) is 4.97. The molecule has 0 radical (unpaired) electrons. The van der Waals surface area contributed by atoms with Crippen LogP contribution < -0.4 is 4.90 Å². The minimum Gasteiger partial charge on any atom is -0.388 e. The fourth-order valence-corrected chi connectivity index (χ4v) is 2.55. The van der Waals surface area contributed by atoms with E-state index in [4.69, 9.17) is 0 Å². The number of halogens is 2. The maximum Gasteiger partial charge on any atom is 0.258 e. The van der Waals surface area contributed by atoms with Gasteiger partial charge in [-0.05, 0) is 42.8 Å². The van der Waals surface area contributed by atoms with Gasteiger partial charge in [0.25, 0.3) is 5.91 Å². The Morgan fingerprint density at radius 1 is 1.14 bits per heavy atom. The number of nitrogens with zero attached hydrogens (tertiary/aromatic N) is 1. The Morgan fingerprint density at radius 3 is 2.67 bits per heavy atom. The molecule has 3 nitrogen and oxygen atoms in total. The lowest BCUT2D eigenvalue weighted by molar-refractivity contribution is 0.0970. The molecule has 1 atom stereocenters. The number of carbonyl (C=O) groups is 1. The fraction of sp³-hybridized carbons (Fsp3) is 0.188. The number of rotatable bonds is 1. The van der Waals surface area contributed by atoms with Crippen LogP contribution in [0.15, 0.2) is 42.5 Å². The van der Waals surface area contributed by atoms with Crippen LogP contribution in [0.25, 0.3) is 0 Å². The molecule has 1 N–H and O–H groups in total. The van der Waals surface area contributed by atoms with Crippen LogP contribution in [0, 0.1) is 11.6 Å². The van der Waals surface area contributed by atoms with Crippen LogP contribution in [0.1, 0.15) is 28.4 Å². The van der Waals surface area contributed by atoms with Gasteiger partial charge in [-0.15, -0.1) is 0 Å².